The van der Waals surface area contributed by atoms with Crippen molar-refractivity contribution < 1.29 is 23.1 Å². The number of nitrogens with one attached hydrogen (secondary N) is 2. The summed E-state index contributed by atoms with van der Waals surface area (Å²) in [7, 11) is 0. The topological polar surface area (TPSA) is 83.6 Å². The molecule has 2 N–H and O–H groups in total. The number of halogens is 3. The zero-order valence-corrected chi connectivity index (χ0v) is 18.7. The number of aromatic nitrogens is 1. The van der Waals surface area contributed by atoms with E-state index in [-0.39, 0.29) is 30.2 Å². The smallest absolute Gasteiger partial charge is 0.410 e. The van der Waals surface area contributed by atoms with Crippen molar-refractivity contribution in [3.05, 3.63) is 58.9 Å². The number of hydrogen-bond donors (Lipinski definition) is 2. The molecular weight excluding hydrogens is 442 g/mol. The van der Waals surface area contributed by atoms with Gasteiger partial charge in [-0.1, -0.05) is 17.7 Å². The van der Waals surface area contributed by atoms with Gasteiger partial charge in [-0.15, -0.1) is 0 Å². The first-order chi connectivity index (χ1) is 15.0. The summed E-state index contributed by atoms with van der Waals surface area (Å²) in [6, 6.07) is 5.49. The number of hydrogen-bond acceptors (Lipinski definition) is 4. The first-order valence-corrected chi connectivity index (χ1v) is 10.5. The summed E-state index contributed by atoms with van der Waals surface area (Å²) in [5.41, 5.74) is -0.483. The van der Waals surface area contributed by atoms with Crippen LogP contribution in [0.2, 0.25) is 5.15 Å². The Hall–Kier alpha value is -2.94. The van der Waals surface area contributed by atoms with E-state index in [0.29, 0.717) is 5.69 Å². The number of amides is 3. The van der Waals surface area contributed by atoms with Gasteiger partial charge in [0.25, 0.3) is 0 Å². The van der Waals surface area contributed by atoms with Crippen molar-refractivity contribution in [2.24, 2.45) is 0 Å². The van der Waals surface area contributed by atoms with Crippen LogP contribution in [0.25, 0.3) is 0 Å². The lowest BCUT2D eigenvalue weighted by molar-refractivity contribution is 0.0177. The first kappa shape index (κ1) is 23.7. The summed E-state index contributed by atoms with van der Waals surface area (Å²) in [5, 5.41) is 5.67. The van der Waals surface area contributed by atoms with Crippen LogP contribution in [0.15, 0.2) is 36.5 Å². The van der Waals surface area contributed by atoms with Crippen LogP contribution in [-0.4, -0.2) is 46.7 Å². The molecule has 2 heterocycles. The van der Waals surface area contributed by atoms with Crippen molar-refractivity contribution in [2.75, 3.05) is 18.4 Å². The highest BCUT2D eigenvalue weighted by molar-refractivity contribution is 6.29. The molecule has 1 unspecified atom stereocenters. The number of ether oxygens (including phenoxy) is 1. The van der Waals surface area contributed by atoms with E-state index >= 15 is 0 Å². The summed E-state index contributed by atoms with van der Waals surface area (Å²) >= 11 is 5.75. The summed E-state index contributed by atoms with van der Waals surface area (Å²) in [6.45, 7) is 5.46. The SMILES string of the molecule is CC(C)(C)OC(=O)N1CC[C@@H](NC(=O)Nc2ccc(Cl)nc2)C(c2c(F)cccc2F)C1. The average Bonchev–Trinajstić information content (AvgIpc) is 2.69. The number of carbonyl (C=O) groups is 2. The zero-order chi connectivity index (χ0) is 23.5. The monoisotopic (exact) mass is 466 g/mol. The van der Waals surface area contributed by atoms with E-state index in [2.05, 4.69) is 15.6 Å². The van der Waals surface area contributed by atoms with Gasteiger partial charge in [-0.3, -0.25) is 0 Å². The Morgan fingerprint density at radius 3 is 2.47 bits per heavy atom. The largest absolute Gasteiger partial charge is 0.444 e. The number of piperidine rings is 1. The van der Waals surface area contributed by atoms with Gasteiger partial charge in [0.2, 0.25) is 0 Å². The lowest BCUT2D eigenvalue weighted by atomic mass is 9.85. The Balaban J connectivity index is 1.80. The summed E-state index contributed by atoms with van der Waals surface area (Å²) in [5.74, 6) is -2.29. The molecule has 3 amide bonds. The molecule has 1 fully saturated rings. The molecule has 2 aromatic rings. The number of nitrogens with zero attached hydrogens (tertiary/aromatic N) is 2. The number of rotatable bonds is 3. The van der Waals surface area contributed by atoms with Crippen molar-refractivity contribution in [1.82, 2.24) is 15.2 Å². The molecule has 1 aromatic heterocycles. The molecule has 0 bridgehead atoms. The average molecular weight is 467 g/mol. The maximum Gasteiger partial charge on any atom is 0.410 e. The maximum atomic E-state index is 14.6. The molecule has 0 spiro atoms. The number of anilines is 1. The molecule has 1 aliphatic heterocycles. The second-order valence-electron chi connectivity index (χ2n) is 8.53. The lowest BCUT2D eigenvalue weighted by Gasteiger charge is -2.39. The standard InChI is InChI=1S/C22H25ClF2N4O3/c1-22(2,3)32-21(31)29-10-9-17(14(12-29)19-15(24)5-4-6-16(19)25)28-20(30)27-13-7-8-18(23)26-11-13/h4-8,11,14,17H,9-10,12H2,1-3H3,(H2,27,28,30)/t14?,17-/m1/s1. The van der Waals surface area contributed by atoms with E-state index in [1.807, 2.05) is 0 Å². The van der Waals surface area contributed by atoms with Crippen LogP contribution in [0.5, 0.6) is 0 Å². The molecule has 0 radical (unpaired) electrons. The molecule has 0 saturated carbocycles. The molecule has 1 aliphatic rings. The predicted molar refractivity (Wildman–Crippen MR) is 117 cm³/mol. The Labute approximate surface area is 190 Å². The second-order valence-corrected chi connectivity index (χ2v) is 8.92. The minimum Gasteiger partial charge on any atom is -0.444 e. The number of urea groups is 1. The fourth-order valence-electron chi connectivity index (χ4n) is 3.56. The highest BCUT2D eigenvalue weighted by atomic mass is 35.5. The van der Waals surface area contributed by atoms with Crippen LogP contribution in [0.1, 0.15) is 38.7 Å². The van der Waals surface area contributed by atoms with Gasteiger partial charge in [0, 0.05) is 30.6 Å². The van der Waals surface area contributed by atoms with E-state index in [1.165, 1.54) is 23.2 Å². The second kappa shape index (κ2) is 9.68. The molecule has 2 atom stereocenters. The van der Waals surface area contributed by atoms with Crippen molar-refractivity contribution in [2.45, 2.75) is 44.8 Å². The molecule has 1 saturated heterocycles. The van der Waals surface area contributed by atoms with Crippen LogP contribution in [0.3, 0.4) is 0 Å². The predicted octanol–water partition coefficient (Wildman–Crippen LogP) is 4.93. The Bertz CT molecular complexity index is 962. The number of likely N-dealkylation sites (tertiary alicyclic amines) is 1. The van der Waals surface area contributed by atoms with Gasteiger partial charge in [-0.05, 0) is 51.5 Å². The van der Waals surface area contributed by atoms with E-state index in [0.717, 1.165) is 12.1 Å². The quantitative estimate of drug-likeness (QED) is 0.628. The lowest BCUT2D eigenvalue weighted by Crippen LogP contribution is -2.53. The van der Waals surface area contributed by atoms with Gasteiger partial charge in [0.05, 0.1) is 11.9 Å². The van der Waals surface area contributed by atoms with Crippen molar-refractivity contribution in [3.63, 3.8) is 0 Å². The maximum absolute atomic E-state index is 14.6. The number of pyridine rings is 1. The summed E-state index contributed by atoms with van der Waals surface area (Å²) in [6.07, 6.45) is 1.10. The van der Waals surface area contributed by atoms with Crippen LogP contribution < -0.4 is 10.6 Å². The highest BCUT2D eigenvalue weighted by Crippen LogP contribution is 2.32. The van der Waals surface area contributed by atoms with Crippen LogP contribution in [-0.2, 0) is 4.74 Å². The molecule has 172 valence electrons. The number of carbonyl (C=O) groups excluding carboxylic acids is 2. The van der Waals surface area contributed by atoms with Crippen molar-refractivity contribution >= 4 is 29.4 Å². The third kappa shape index (κ3) is 6.06. The van der Waals surface area contributed by atoms with Crippen molar-refractivity contribution in [3.8, 4) is 0 Å². The first-order valence-electron chi connectivity index (χ1n) is 10.1. The molecule has 3 rings (SSSR count). The minimum absolute atomic E-state index is 0.0137. The van der Waals surface area contributed by atoms with Gasteiger partial charge in [-0.25, -0.2) is 23.4 Å². The van der Waals surface area contributed by atoms with Crippen LogP contribution >= 0.6 is 11.6 Å². The third-order valence-corrected chi connectivity index (χ3v) is 5.16. The fraction of sp³-hybridized carbons (Fsp3) is 0.409. The third-order valence-electron chi connectivity index (χ3n) is 4.94. The molecule has 7 nitrogen and oxygen atoms in total. The van der Waals surface area contributed by atoms with E-state index in [9.17, 15) is 18.4 Å². The van der Waals surface area contributed by atoms with Crippen LogP contribution in [0.4, 0.5) is 24.1 Å². The Morgan fingerprint density at radius 2 is 1.88 bits per heavy atom. The van der Waals surface area contributed by atoms with Gasteiger partial charge in [-0.2, -0.15) is 0 Å². The molecule has 0 aliphatic carbocycles. The van der Waals surface area contributed by atoms with E-state index in [4.69, 9.17) is 16.3 Å². The summed E-state index contributed by atoms with van der Waals surface area (Å²) < 4.78 is 34.6. The van der Waals surface area contributed by atoms with E-state index in [1.54, 1.807) is 26.8 Å². The Morgan fingerprint density at radius 1 is 1.19 bits per heavy atom. The Kier molecular flexibility index (Phi) is 7.18. The molecular formula is C22H25ClF2N4O3. The highest BCUT2D eigenvalue weighted by Gasteiger charge is 2.37. The minimum atomic E-state index is -0.813. The summed E-state index contributed by atoms with van der Waals surface area (Å²) in [4.78, 5) is 30.4. The number of benzene rings is 1. The van der Waals surface area contributed by atoms with Gasteiger partial charge < -0.3 is 20.3 Å². The zero-order valence-electron chi connectivity index (χ0n) is 18.0. The molecule has 10 heteroatoms. The van der Waals surface area contributed by atoms with Gasteiger partial charge >= 0.3 is 12.1 Å². The molecule has 1 aromatic carbocycles. The fourth-order valence-corrected chi connectivity index (χ4v) is 3.67. The van der Waals surface area contributed by atoms with Gasteiger partial charge in [0.1, 0.15) is 22.4 Å². The van der Waals surface area contributed by atoms with Gasteiger partial charge in [0.15, 0.2) is 0 Å². The van der Waals surface area contributed by atoms with Crippen LogP contribution in [0, 0.1) is 11.6 Å². The normalized spacial score (nSPS) is 18.8. The van der Waals surface area contributed by atoms with E-state index < -0.39 is 41.3 Å². The van der Waals surface area contributed by atoms with Crippen molar-refractivity contribution in [1.29, 1.82) is 0 Å². The molecule has 32 heavy (non-hydrogen) atoms.